The molecule has 1 aliphatic heterocycles. The summed E-state index contributed by atoms with van der Waals surface area (Å²) in [6.07, 6.45) is 0. The number of benzene rings is 2. The van der Waals surface area contributed by atoms with Crippen LogP contribution in [-0.2, 0) is 0 Å². The molecule has 0 saturated carbocycles. The van der Waals surface area contributed by atoms with Crippen LogP contribution in [0.1, 0.15) is 27.6 Å². The van der Waals surface area contributed by atoms with E-state index in [0.717, 1.165) is 0 Å². The van der Waals surface area contributed by atoms with Crippen molar-refractivity contribution in [2.75, 3.05) is 19.6 Å². The first kappa shape index (κ1) is 22.4. The topological polar surface area (TPSA) is 59.1 Å². The SMILES string of the molecule is CC1CN(C(=O)c2cccc(OC(F)F)c2)CCN1C(=O)c1cccc(OC(F)F)c1. The van der Waals surface area contributed by atoms with Gasteiger partial charge in [0, 0.05) is 36.8 Å². The van der Waals surface area contributed by atoms with Crippen LogP contribution in [0.3, 0.4) is 0 Å². The summed E-state index contributed by atoms with van der Waals surface area (Å²) in [6.45, 7) is -3.57. The van der Waals surface area contributed by atoms with Gasteiger partial charge in [-0.1, -0.05) is 12.1 Å². The van der Waals surface area contributed by atoms with E-state index in [4.69, 9.17) is 0 Å². The molecule has 1 unspecified atom stereocenters. The second-order valence-corrected chi connectivity index (χ2v) is 6.91. The van der Waals surface area contributed by atoms with Gasteiger partial charge in [0.2, 0.25) is 0 Å². The Morgan fingerprint density at radius 2 is 1.39 bits per heavy atom. The van der Waals surface area contributed by atoms with Crippen LogP contribution in [-0.4, -0.2) is 60.5 Å². The Balaban J connectivity index is 1.66. The van der Waals surface area contributed by atoms with Crippen LogP contribution in [0.5, 0.6) is 11.5 Å². The van der Waals surface area contributed by atoms with Gasteiger partial charge in [-0.15, -0.1) is 0 Å². The standard InChI is InChI=1S/C21H20F4N2O4/c1-13-12-26(18(28)14-4-2-6-16(10-14)30-20(22)23)8-9-27(13)19(29)15-5-3-7-17(11-15)31-21(24)25/h2-7,10-11,13,20-21H,8-9,12H2,1H3. The van der Waals surface area contributed by atoms with Crippen molar-refractivity contribution in [2.45, 2.75) is 26.2 Å². The van der Waals surface area contributed by atoms with Crippen LogP contribution >= 0.6 is 0 Å². The van der Waals surface area contributed by atoms with Gasteiger partial charge in [0.25, 0.3) is 11.8 Å². The Bertz CT molecular complexity index is 941. The number of amides is 2. The van der Waals surface area contributed by atoms with E-state index in [0.29, 0.717) is 0 Å². The van der Waals surface area contributed by atoms with E-state index in [1.807, 2.05) is 0 Å². The highest BCUT2D eigenvalue weighted by Gasteiger charge is 2.31. The minimum absolute atomic E-state index is 0.117. The summed E-state index contributed by atoms with van der Waals surface area (Å²) in [5.41, 5.74) is 0.392. The van der Waals surface area contributed by atoms with Crippen LogP contribution < -0.4 is 9.47 Å². The average Bonchev–Trinajstić information content (AvgIpc) is 2.72. The van der Waals surface area contributed by atoms with E-state index in [1.165, 1.54) is 53.4 Å². The van der Waals surface area contributed by atoms with Crippen LogP contribution in [0, 0.1) is 0 Å². The molecule has 0 N–H and O–H groups in total. The maximum absolute atomic E-state index is 12.8. The lowest BCUT2D eigenvalue weighted by atomic mass is 10.1. The number of alkyl halides is 4. The van der Waals surface area contributed by atoms with Gasteiger partial charge in [0.05, 0.1) is 0 Å². The molecule has 31 heavy (non-hydrogen) atoms. The van der Waals surface area contributed by atoms with Gasteiger partial charge in [0.15, 0.2) is 0 Å². The lowest BCUT2D eigenvalue weighted by molar-refractivity contribution is -0.0505. The van der Waals surface area contributed by atoms with Gasteiger partial charge in [0.1, 0.15) is 11.5 Å². The zero-order valence-electron chi connectivity index (χ0n) is 16.5. The van der Waals surface area contributed by atoms with Gasteiger partial charge < -0.3 is 19.3 Å². The molecule has 0 aliphatic carbocycles. The molecular formula is C21H20F4N2O4. The Morgan fingerprint density at radius 3 is 1.87 bits per heavy atom. The quantitative estimate of drug-likeness (QED) is 0.640. The van der Waals surface area contributed by atoms with Gasteiger partial charge in [-0.2, -0.15) is 17.6 Å². The van der Waals surface area contributed by atoms with E-state index in [1.54, 1.807) is 11.8 Å². The number of hydrogen-bond donors (Lipinski definition) is 0. The van der Waals surface area contributed by atoms with Crippen LogP contribution in [0.15, 0.2) is 48.5 Å². The molecule has 2 aromatic rings. The molecule has 1 aliphatic rings. The molecule has 0 aromatic heterocycles. The summed E-state index contributed by atoms with van der Waals surface area (Å²) < 4.78 is 58.3. The van der Waals surface area contributed by atoms with Crippen molar-refractivity contribution in [1.82, 2.24) is 9.80 Å². The van der Waals surface area contributed by atoms with Gasteiger partial charge in [-0.05, 0) is 43.3 Å². The summed E-state index contributed by atoms with van der Waals surface area (Å²) in [5, 5.41) is 0. The smallest absolute Gasteiger partial charge is 0.387 e. The summed E-state index contributed by atoms with van der Waals surface area (Å²) in [7, 11) is 0. The Morgan fingerprint density at radius 1 is 0.871 bits per heavy atom. The molecule has 2 aromatic carbocycles. The molecule has 1 saturated heterocycles. The number of piperazine rings is 1. The molecule has 0 bridgehead atoms. The number of rotatable bonds is 6. The second kappa shape index (κ2) is 9.67. The highest BCUT2D eigenvalue weighted by molar-refractivity contribution is 5.96. The molecule has 0 spiro atoms. The van der Waals surface area contributed by atoms with Crippen molar-refractivity contribution in [2.24, 2.45) is 0 Å². The highest BCUT2D eigenvalue weighted by Crippen LogP contribution is 2.22. The summed E-state index contributed by atoms with van der Waals surface area (Å²) >= 11 is 0. The van der Waals surface area contributed by atoms with Crippen molar-refractivity contribution < 1.29 is 36.6 Å². The van der Waals surface area contributed by atoms with E-state index in [-0.39, 0.29) is 60.1 Å². The van der Waals surface area contributed by atoms with E-state index < -0.39 is 13.2 Å². The van der Waals surface area contributed by atoms with Crippen molar-refractivity contribution in [3.05, 3.63) is 59.7 Å². The van der Waals surface area contributed by atoms with Crippen molar-refractivity contribution in [3.63, 3.8) is 0 Å². The number of nitrogens with zero attached hydrogens (tertiary/aromatic N) is 2. The van der Waals surface area contributed by atoms with Gasteiger partial charge in [-0.25, -0.2) is 0 Å². The van der Waals surface area contributed by atoms with Crippen molar-refractivity contribution >= 4 is 11.8 Å². The Kier molecular flexibility index (Phi) is 6.98. The molecule has 0 radical (unpaired) electrons. The van der Waals surface area contributed by atoms with Crippen molar-refractivity contribution in [3.8, 4) is 11.5 Å². The summed E-state index contributed by atoms with van der Waals surface area (Å²) in [5.74, 6) is -0.973. The first-order valence-corrected chi connectivity index (χ1v) is 9.44. The maximum Gasteiger partial charge on any atom is 0.387 e. The number of hydrogen-bond acceptors (Lipinski definition) is 4. The number of halogens is 4. The third-order valence-corrected chi connectivity index (χ3v) is 4.79. The molecule has 3 rings (SSSR count). The monoisotopic (exact) mass is 440 g/mol. The van der Waals surface area contributed by atoms with Gasteiger partial charge >= 0.3 is 13.2 Å². The van der Waals surface area contributed by atoms with E-state index in [2.05, 4.69) is 9.47 Å². The number of carbonyl (C=O) groups excluding carboxylic acids is 2. The van der Waals surface area contributed by atoms with Crippen LogP contribution in [0.2, 0.25) is 0 Å². The largest absolute Gasteiger partial charge is 0.435 e. The molecular weight excluding hydrogens is 420 g/mol. The molecule has 10 heteroatoms. The Hall–Kier alpha value is -3.30. The normalized spacial score (nSPS) is 16.5. The molecule has 6 nitrogen and oxygen atoms in total. The van der Waals surface area contributed by atoms with E-state index >= 15 is 0 Å². The fourth-order valence-corrected chi connectivity index (χ4v) is 3.40. The molecule has 166 valence electrons. The predicted molar refractivity (Wildman–Crippen MR) is 103 cm³/mol. The minimum Gasteiger partial charge on any atom is -0.435 e. The Labute approximate surface area is 175 Å². The fraction of sp³-hybridized carbons (Fsp3) is 0.333. The number of ether oxygens (including phenoxy) is 2. The van der Waals surface area contributed by atoms with Crippen LogP contribution in [0.25, 0.3) is 0 Å². The van der Waals surface area contributed by atoms with Crippen molar-refractivity contribution in [1.29, 1.82) is 0 Å². The first-order valence-electron chi connectivity index (χ1n) is 9.44. The first-order chi connectivity index (χ1) is 14.7. The third kappa shape index (κ3) is 5.65. The number of carbonyl (C=O) groups is 2. The zero-order valence-corrected chi connectivity index (χ0v) is 16.5. The lowest BCUT2D eigenvalue weighted by Gasteiger charge is -2.40. The average molecular weight is 440 g/mol. The predicted octanol–water partition coefficient (Wildman–Crippen LogP) is 3.88. The fourth-order valence-electron chi connectivity index (χ4n) is 3.40. The van der Waals surface area contributed by atoms with Gasteiger partial charge in [-0.3, -0.25) is 9.59 Å². The lowest BCUT2D eigenvalue weighted by Crippen LogP contribution is -2.55. The zero-order chi connectivity index (χ0) is 22.5. The second-order valence-electron chi connectivity index (χ2n) is 6.91. The maximum atomic E-state index is 12.8. The minimum atomic E-state index is -3.00. The molecule has 1 heterocycles. The highest BCUT2D eigenvalue weighted by atomic mass is 19.3. The van der Waals surface area contributed by atoms with Crippen LogP contribution in [0.4, 0.5) is 17.6 Å². The molecule has 2 amide bonds. The van der Waals surface area contributed by atoms with E-state index in [9.17, 15) is 27.2 Å². The summed E-state index contributed by atoms with van der Waals surface area (Å²) in [6, 6.07) is 10.7. The molecule has 1 fully saturated rings. The molecule has 1 atom stereocenters. The third-order valence-electron chi connectivity index (χ3n) is 4.79. The summed E-state index contributed by atoms with van der Waals surface area (Å²) in [4.78, 5) is 28.7.